The molecule has 0 radical (unpaired) electrons. The first kappa shape index (κ1) is 15.0. The summed E-state index contributed by atoms with van der Waals surface area (Å²) in [5.41, 5.74) is 1.32. The summed E-state index contributed by atoms with van der Waals surface area (Å²) in [6, 6.07) is 2.32. The number of aliphatic hydroxyl groups is 1. The van der Waals surface area contributed by atoms with Crippen molar-refractivity contribution in [3.63, 3.8) is 0 Å². The zero-order valence-corrected chi connectivity index (χ0v) is 13.5. The molecule has 0 spiro atoms. The molecule has 1 aromatic heterocycles. The van der Waals surface area contributed by atoms with Gasteiger partial charge < -0.3 is 10.4 Å². The predicted octanol–water partition coefficient (Wildman–Crippen LogP) is 3.22. The second-order valence-corrected chi connectivity index (χ2v) is 7.56. The molecule has 116 valence electrons. The van der Waals surface area contributed by atoms with Crippen molar-refractivity contribution >= 4 is 17.2 Å². The first-order chi connectivity index (χ1) is 10.2. The average Bonchev–Trinajstić information content (AvgIpc) is 3.20. The first-order valence-electron chi connectivity index (χ1n) is 8.16. The van der Waals surface area contributed by atoms with E-state index in [9.17, 15) is 9.90 Å². The number of hydrogen-bond acceptors (Lipinski definition) is 3. The van der Waals surface area contributed by atoms with Crippen LogP contribution in [0, 0.1) is 18.8 Å². The van der Waals surface area contributed by atoms with Crippen molar-refractivity contribution < 1.29 is 9.90 Å². The van der Waals surface area contributed by atoms with Crippen LogP contribution in [0.3, 0.4) is 0 Å². The maximum absolute atomic E-state index is 12.5. The second kappa shape index (κ2) is 6.49. The van der Waals surface area contributed by atoms with Gasteiger partial charge in [-0.15, -0.1) is 11.3 Å². The molecule has 3 rings (SSSR count). The van der Waals surface area contributed by atoms with Gasteiger partial charge in [-0.1, -0.05) is 19.3 Å². The highest BCUT2D eigenvalue weighted by atomic mass is 32.1. The van der Waals surface area contributed by atoms with Gasteiger partial charge in [0.15, 0.2) is 0 Å². The number of thiophene rings is 1. The number of carbonyl (C=O) groups is 1. The van der Waals surface area contributed by atoms with Gasteiger partial charge in [0.25, 0.3) is 0 Å². The minimum atomic E-state index is 0.157. The van der Waals surface area contributed by atoms with Gasteiger partial charge in [0.1, 0.15) is 0 Å². The number of aryl methyl sites for hydroxylation is 1. The Morgan fingerprint density at radius 1 is 1.38 bits per heavy atom. The van der Waals surface area contributed by atoms with E-state index in [2.05, 4.69) is 23.7 Å². The van der Waals surface area contributed by atoms with Gasteiger partial charge in [-0.2, -0.15) is 0 Å². The minimum absolute atomic E-state index is 0.157. The van der Waals surface area contributed by atoms with Crippen molar-refractivity contribution in [3.05, 3.63) is 21.9 Å². The van der Waals surface area contributed by atoms with Crippen LogP contribution >= 0.6 is 11.3 Å². The number of aliphatic hydroxyl groups excluding tert-OH is 1. The number of rotatable bonds is 4. The lowest BCUT2D eigenvalue weighted by atomic mass is 9.95. The third-order valence-electron chi connectivity index (χ3n) is 5.09. The average molecular weight is 307 g/mol. The molecule has 2 saturated carbocycles. The lowest BCUT2D eigenvalue weighted by Crippen LogP contribution is -2.42. The van der Waals surface area contributed by atoms with Gasteiger partial charge in [0, 0.05) is 35.3 Å². The maximum Gasteiger partial charge on any atom is 0.224 e. The fraction of sp³-hybridized carbons (Fsp3) is 0.706. The Balaban J connectivity index is 1.58. The standard InChI is InChI=1S/C17H25NO2S/c1-11-7-8-21-16(11)13-9-14(13)17(20)18-15-6-4-2-3-5-12(15)10-19/h7-8,12-15,19H,2-6,9-10H2,1H3,(H,18,20). The SMILES string of the molecule is Cc1ccsc1C1CC1C(=O)NC1CCCCCC1CO. The lowest BCUT2D eigenvalue weighted by molar-refractivity contribution is -0.123. The molecule has 2 aliphatic rings. The zero-order chi connectivity index (χ0) is 14.8. The number of carbonyl (C=O) groups excluding carboxylic acids is 1. The molecule has 2 aliphatic carbocycles. The normalized spacial score (nSPS) is 32.5. The molecule has 4 atom stereocenters. The fourth-order valence-electron chi connectivity index (χ4n) is 3.62. The molecule has 0 bridgehead atoms. The summed E-state index contributed by atoms with van der Waals surface area (Å²) >= 11 is 1.78. The Bertz CT molecular complexity index is 499. The van der Waals surface area contributed by atoms with E-state index < -0.39 is 0 Å². The molecular weight excluding hydrogens is 282 g/mol. The Hall–Kier alpha value is -0.870. The Labute approximate surface area is 130 Å². The molecule has 0 aromatic carbocycles. The van der Waals surface area contributed by atoms with Crippen LogP contribution in [-0.4, -0.2) is 23.7 Å². The molecule has 2 fully saturated rings. The molecule has 0 saturated heterocycles. The maximum atomic E-state index is 12.5. The van der Waals surface area contributed by atoms with Crippen molar-refractivity contribution in [2.75, 3.05) is 6.61 Å². The molecule has 21 heavy (non-hydrogen) atoms. The van der Waals surface area contributed by atoms with Crippen molar-refractivity contribution in [1.29, 1.82) is 0 Å². The van der Waals surface area contributed by atoms with Gasteiger partial charge >= 0.3 is 0 Å². The summed E-state index contributed by atoms with van der Waals surface area (Å²) in [7, 11) is 0. The highest BCUT2D eigenvalue weighted by molar-refractivity contribution is 7.10. The van der Waals surface area contributed by atoms with Gasteiger partial charge in [0.05, 0.1) is 0 Å². The van der Waals surface area contributed by atoms with Crippen LogP contribution in [-0.2, 0) is 4.79 Å². The fourth-order valence-corrected chi connectivity index (χ4v) is 4.73. The van der Waals surface area contributed by atoms with E-state index in [1.54, 1.807) is 11.3 Å². The summed E-state index contributed by atoms with van der Waals surface area (Å²) in [6.45, 7) is 2.33. The number of nitrogens with one attached hydrogen (secondary N) is 1. The largest absolute Gasteiger partial charge is 0.396 e. The summed E-state index contributed by atoms with van der Waals surface area (Å²) in [5, 5.41) is 14.9. The molecule has 1 aromatic rings. The van der Waals surface area contributed by atoms with E-state index >= 15 is 0 Å². The summed E-state index contributed by atoms with van der Waals surface area (Å²) in [6.07, 6.45) is 6.62. The molecule has 2 N–H and O–H groups in total. The van der Waals surface area contributed by atoms with Crippen molar-refractivity contribution in [2.45, 2.75) is 57.4 Å². The van der Waals surface area contributed by atoms with Crippen LogP contribution in [0.15, 0.2) is 11.4 Å². The highest BCUT2D eigenvalue weighted by Crippen LogP contribution is 2.50. The van der Waals surface area contributed by atoms with E-state index in [0.717, 1.165) is 19.3 Å². The topological polar surface area (TPSA) is 49.3 Å². The third kappa shape index (κ3) is 3.32. The lowest BCUT2D eigenvalue weighted by Gasteiger charge is -2.24. The van der Waals surface area contributed by atoms with Crippen LogP contribution in [0.25, 0.3) is 0 Å². The van der Waals surface area contributed by atoms with Crippen LogP contribution in [0.5, 0.6) is 0 Å². The summed E-state index contributed by atoms with van der Waals surface area (Å²) in [4.78, 5) is 13.9. The minimum Gasteiger partial charge on any atom is -0.396 e. The molecule has 1 heterocycles. The second-order valence-electron chi connectivity index (χ2n) is 6.61. The van der Waals surface area contributed by atoms with Crippen LogP contribution < -0.4 is 5.32 Å². The quantitative estimate of drug-likeness (QED) is 0.839. The first-order valence-corrected chi connectivity index (χ1v) is 9.04. The van der Waals surface area contributed by atoms with Gasteiger partial charge in [-0.3, -0.25) is 4.79 Å². The molecule has 4 heteroatoms. The van der Waals surface area contributed by atoms with Crippen LogP contribution in [0.2, 0.25) is 0 Å². The molecule has 3 nitrogen and oxygen atoms in total. The smallest absolute Gasteiger partial charge is 0.224 e. The Kier molecular flexibility index (Phi) is 4.65. The van der Waals surface area contributed by atoms with Gasteiger partial charge in [-0.05, 0) is 43.2 Å². The monoisotopic (exact) mass is 307 g/mol. The summed E-state index contributed by atoms with van der Waals surface area (Å²) in [5.74, 6) is 1.04. The number of hydrogen-bond donors (Lipinski definition) is 2. The Morgan fingerprint density at radius 3 is 2.90 bits per heavy atom. The van der Waals surface area contributed by atoms with E-state index in [1.165, 1.54) is 29.7 Å². The molecular formula is C17H25NO2S. The van der Waals surface area contributed by atoms with Crippen LogP contribution in [0.1, 0.15) is 54.9 Å². The molecule has 1 amide bonds. The molecule has 4 unspecified atom stereocenters. The van der Waals surface area contributed by atoms with Crippen molar-refractivity contribution in [3.8, 4) is 0 Å². The molecule has 0 aliphatic heterocycles. The van der Waals surface area contributed by atoms with E-state index in [0.29, 0.717) is 5.92 Å². The van der Waals surface area contributed by atoms with Crippen molar-refractivity contribution in [1.82, 2.24) is 5.32 Å². The van der Waals surface area contributed by atoms with E-state index in [1.807, 2.05) is 0 Å². The van der Waals surface area contributed by atoms with E-state index in [4.69, 9.17) is 0 Å². The predicted molar refractivity (Wildman–Crippen MR) is 85.5 cm³/mol. The zero-order valence-electron chi connectivity index (χ0n) is 12.7. The van der Waals surface area contributed by atoms with Crippen molar-refractivity contribution in [2.24, 2.45) is 11.8 Å². The summed E-state index contributed by atoms with van der Waals surface area (Å²) < 4.78 is 0. The van der Waals surface area contributed by atoms with Gasteiger partial charge in [0.2, 0.25) is 5.91 Å². The third-order valence-corrected chi connectivity index (χ3v) is 6.24. The van der Waals surface area contributed by atoms with E-state index in [-0.39, 0.29) is 30.4 Å². The Morgan fingerprint density at radius 2 is 2.19 bits per heavy atom. The van der Waals surface area contributed by atoms with Crippen LogP contribution in [0.4, 0.5) is 0 Å². The highest BCUT2D eigenvalue weighted by Gasteiger charge is 2.46. The van der Waals surface area contributed by atoms with Gasteiger partial charge in [-0.25, -0.2) is 0 Å². The number of amides is 1.